The molecule has 0 aromatic carbocycles. The van der Waals surface area contributed by atoms with Gasteiger partial charge in [0.05, 0.1) is 6.20 Å². The molecule has 2 atom stereocenters. The van der Waals surface area contributed by atoms with E-state index < -0.39 is 17.5 Å². The first-order valence-electron chi connectivity index (χ1n) is 7.48. The summed E-state index contributed by atoms with van der Waals surface area (Å²) in [7, 11) is 0. The van der Waals surface area contributed by atoms with E-state index in [1.807, 2.05) is 27.7 Å². The second-order valence-corrected chi connectivity index (χ2v) is 6.56. The number of halogens is 1. The molecule has 0 saturated heterocycles. The number of aryl methyl sites for hydroxylation is 1. The first kappa shape index (κ1) is 18.4. The lowest BCUT2D eigenvalue weighted by molar-refractivity contribution is 0.0506. The zero-order valence-corrected chi connectivity index (χ0v) is 13.9. The van der Waals surface area contributed by atoms with Crippen LogP contribution in [0, 0.1) is 5.82 Å². The van der Waals surface area contributed by atoms with Crippen LogP contribution in [0.1, 0.15) is 58.3 Å². The number of alkyl carbamates (subject to hydrolysis) is 1. The number of nitrogens with two attached hydrogens (primary N) is 1. The summed E-state index contributed by atoms with van der Waals surface area (Å²) >= 11 is 0. The third kappa shape index (κ3) is 6.39. The summed E-state index contributed by atoms with van der Waals surface area (Å²) in [6, 6.07) is 1.05. The summed E-state index contributed by atoms with van der Waals surface area (Å²) in [5.41, 5.74) is 6.78. The van der Waals surface area contributed by atoms with Crippen LogP contribution in [0.15, 0.2) is 12.3 Å². The third-order valence-electron chi connectivity index (χ3n) is 3.04. The zero-order valence-electron chi connectivity index (χ0n) is 13.9. The van der Waals surface area contributed by atoms with Gasteiger partial charge in [0.1, 0.15) is 11.4 Å². The summed E-state index contributed by atoms with van der Waals surface area (Å²) < 4.78 is 18.4. The quantitative estimate of drug-likeness (QED) is 0.876. The minimum Gasteiger partial charge on any atom is -0.444 e. The Morgan fingerprint density at radius 3 is 2.64 bits per heavy atom. The fourth-order valence-electron chi connectivity index (χ4n) is 2.02. The van der Waals surface area contributed by atoms with Gasteiger partial charge < -0.3 is 15.8 Å². The van der Waals surface area contributed by atoms with Gasteiger partial charge in [0, 0.05) is 17.8 Å². The molecule has 0 bridgehead atoms. The molecule has 0 aliphatic carbocycles. The molecule has 1 unspecified atom stereocenters. The average Bonchev–Trinajstić information content (AvgIpc) is 2.34. The lowest BCUT2D eigenvalue weighted by Gasteiger charge is -2.22. The highest BCUT2D eigenvalue weighted by Gasteiger charge is 2.18. The third-order valence-corrected chi connectivity index (χ3v) is 3.04. The van der Waals surface area contributed by atoms with E-state index in [9.17, 15) is 9.18 Å². The van der Waals surface area contributed by atoms with Gasteiger partial charge in [-0.3, -0.25) is 4.98 Å². The molecule has 1 heterocycles. The fraction of sp³-hybridized carbons (Fsp3) is 0.625. The Kier molecular flexibility index (Phi) is 6.29. The van der Waals surface area contributed by atoms with Crippen LogP contribution in [-0.4, -0.2) is 22.7 Å². The maximum absolute atomic E-state index is 13.2. The minimum absolute atomic E-state index is 0.0809. The number of hydrogen-bond acceptors (Lipinski definition) is 4. The maximum Gasteiger partial charge on any atom is 0.407 e. The number of hydrogen-bond donors (Lipinski definition) is 2. The largest absolute Gasteiger partial charge is 0.444 e. The zero-order chi connectivity index (χ0) is 16.9. The normalized spacial score (nSPS) is 14.3. The smallest absolute Gasteiger partial charge is 0.407 e. The molecule has 1 rings (SSSR count). The molecule has 0 radical (unpaired) electrons. The second kappa shape index (κ2) is 7.54. The molecule has 1 aromatic heterocycles. The summed E-state index contributed by atoms with van der Waals surface area (Å²) in [6.07, 6.45) is 2.01. The van der Waals surface area contributed by atoms with Crippen molar-refractivity contribution in [3.05, 3.63) is 29.3 Å². The second-order valence-electron chi connectivity index (χ2n) is 6.56. The molecule has 1 amide bonds. The lowest BCUT2D eigenvalue weighted by atomic mass is 10.0. The number of nitrogens with zero attached hydrogens (tertiary/aromatic N) is 1. The molecule has 1 aromatic rings. The number of ether oxygens (including phenoxy) is 1. The monoisotopic (exact) mass is 311 g/mol. The van der Waals surface area contributed by atoms with Gasteiger partial charge in [0.15, 0.2) is 0 Å². The van der Waals surface area contributed by atoms with Crippen molar-refractivity contribution in [2.45, 2.75) is 65.1 Å². The molecule has 124 valence electrons. The molecule has 22 heavy (non-hydrogen) atoms. The van der Waals surface area contributed by atoms with Gasteiger partial charge in [0.2, 0.25) is 0 Å². The molecule has 6 heteroatoms. The van der Waals surface area contributed by atoms with E-state index in [4.69, 9.17) is 10.5 Å². The van der Waals surface area contributed by atoms with Crippen molar-refractivity contribution in [1.82, 2.24) is 10.3 Å². The minimum atomic E-state index is -0.523. The Hall–Kier alpha value is -1.69. The van der Waals surface area contributed by atoms with Gasteiger partial charge in [-0.15, -0.1) is 0 Å². The molecule has 0 fully saturated rings. The van der Waals surface area contributed by atoms with Gasteiger partial charge in [-0.2, -0.15) is 0 Å². The summed E-state index contributed by atoms with van der Waals surface area (Å²) in [5.74, 6) is -0.393. The SMILES string of the molecule is CC(N)c1cc(F)cnc1CC[C@@H](C)NC(=O)OC(C)(C)C. The van der Waals surface area contributed by atoms with Crippen molar-refractivity contribution in [2.75, 3.05) is 0 Å². The van der Waals surface area contributed by atoms with Crippen LogP contribution in [-0.2, 0) is 11.2 Å². The molecule has 0 aliphatic heterocycles. The highest BCUT2D eigenvalue weighted by Crippen LogP contribution is 2.17. The van der Waals surface area contributed by atoms with E-state index >= 15 is 0 Å². The standard InChI is InChI=1S/C16H26FN3O2/c1-10(20-15(21)22-16(3,4)5)6-7-14-13(11(2)18)8-12(17)9-19-14/h8-11H,6-7,18H2,1-5H3,(H,20,21)/t10-,11?/m1/s1. The molecular weight excluding hydrogens is 285 g/mol. The van der Waals surface area contributed by atoms with Crippen molar-refractivity contribution in [2.24, 2.45) is 5.73 Å². The van der Waals surface area contributed by atoms with E-state index in [0.29, 0.717) is 18.4 Å². The number of amides is 1. The van der Waals surface area contributed by atoms with Gasteiger partial charge in [0.25, 0.3) is 0 Å². The first-order chi connectivity index (χ1) is 10.1. The highest BCUT2D eigenvalue weighted by atomic mass is 19.1. The Morgan fingerprint density at radius 1 is 1.45 bits per heavy atom. The van der Waals surface area contributed by atoms with Crippen LogP contribution >= 0.6 is 0 Å². The summed E-state index contributed by atoms with van der Waals surface area (Å²) in [4.78, 5) is 15.8. The molecular formula is C16H26FN3O2. The van der Waals surface area contributed by atoms with Gasteiger partial charge in [-0.05, 0) is 59.1 Å². The van der Waals surface area contributed by atoms with Crippen molar-refractivity contribution in [1.29, 1.82) is 0 Å². The van der Waals surface area contributed by atoms with Crippen molar-refractivity contribution < 1.29 is 13.9 Å². The van der Waals surface area contributed by atoms with E-state index in [0.717, 1.165) is 5.69 Å². The van der Waals surface area contributed by atoms with E-state index in [1.165, 1.54) is 12.3 Å². The van der Waals surface area contributed by atoms with Crippen molar-refractivity contribution >= 4 is 6.09 Å². The molecule has 3 N–H and O–H groups in total. The Morgan fingerprint density at radius 2 is 2.09 bits per heavy atom. The number of pyridine rings is 1. The lowest BCUT2D eigenvalue weighted by Crippen LogP contribution is -2.37. The molecule has 0 saturated carbocycles. The van der Waals surface area contributed by atoms with Gasteiger partial charge in [-0.25, -0.2) is 9.18 Å². The number of carbonyl (C=O) groups is 1. The van der Waals surface area contributed by atoms with E-state index in [2.05, 4.69) is 10.3 Å². The number of rotatable bonds is 5. The summed E-state index contributed by atoms with van der Waals surface area (Å²) in [5, 5.41) is 2.77. The Labute approximate surface area is 131 Å². The highest BCUT2D eigenvalue weighted by molar-refractivity contribution is 5.68. The first-order valence-corrected chi connectivity index (χ1v) is 7.48. The van der Waals surface area contributed by atoms with Crippen LogP contribution in [0.25, 0.3) is 0 Å². The van der Waals surface area contributed by atoms with Crippen LogP contribution in [0.5, 0.6) is 0 Å². The van der Waals surface area contributed by atoms with Crippen molar-refractivity contribution in [3.63, 3.8) is 0 Å². The van der Waals surface area contributed by atoms with Crippen molar-refractivity contribution in [3.8, 4) is 0 Å². The Bertz CT molecular complexity index is 513. The van der Waals surface area contributed by atoms with Gasteiger partial charge in [-0.1, -0.05) is 0 Å². The fourth-order valence-corrected chi connectivity index (χ4v) is 2.02. The average molecular weight is 311 g/mol. The van der Waals surface area contributed by atoms with E-state index in [1.54, 1.807) is 6.92 Å². The van der Waals surface area contributed by atoms with Gasteiger partial charge >= 0.3 is 6.09 Å². The predicted molar refractivity (Wildman–Crippen MR) is 84.0 cm³/mol. The predicted octanol–water partition coefficient (Wildman–Crippen LogP) is 3.09. The molecule has 5 nitrogen and oxygen atoms in total. The number of carbonyl (C=O) groups excluding carboxylic acids is 1. The van der Waals surface area contributed by atoms with Crippen LogP contribution in [0.3, 0.4) is 0 Å². The van der Waals surface area contributed by atoms with Crippen LogP contribution < -0.4 is 11.1 Å². The van der Waals surface area contributed by atoms with Crippen LogP contribution in [0.4, 0.5) is 9.18 Å². The topological polar surface area (TPSA) is 77.2 Å². The maximum atomic E-state index is 13.2. The number of nitrogens with one attached hydrogen (secondary N) is 1. The van der Waals surface area contributed by atoms with E-state index in [-0.39, 0.29) is 12.1 Å². The van der Waals surface area contributed by atoms with Crippen LogP contribution in [0.2, 0.25) is 0 Å². The summed E-state index contributed by atoms with van der Waals surface area (Å²) in [6.45, 7) is 9.12. The Balaban J connectivity index is 2.58. The molecule has 0 spiro atoms. The molecule has 0 aliphatic rings. The number of aromatic nitrogens is 1.